The highest BCUT2D eigenvalue weighted by molar-refractivity contribution is 5.09. The van der Waals surface area contributed by atoms with E-state index in [2.05, 4.69) is 0 Å². The lowest BCUT2D eigenvalue weighted by molar-refractivity contribution is 0.302. The van der Waals surface area contributed by atoms with E-state index >= 15 is 0 Å². The van der Waals surface area contributed by atoms with Crippen LogP contribution in [-0.2, 0) is 0 Å². The highest BCUT2D eigenvalue weighted by atomic mass is 16.3. The van der Waals surface area contributed by atoms with Gasteiger partial charge in [0.1, 0.15) is 11.5 Å². The first-order chi connectivity index (χ1) is 7.25. The third-order valence-corrected chi connectivity index (χ3v) is 3.44. The fourth-order valence-electron chi connectivity index (χ4n) is 2.55. The molecule has 1 atom stereocenters. The molecule has 2 N–H and O–H groups in total. The Bertz CT molecular complexity index is 299. The minimum atomic E-state index is 0.0989. The second kappa shape index (κ2) is 4.84. The van der Waals surface area contributed by atoms with Gasteiger partial charge in [0.05, 0.1) is 6.04 Å². The maximum atomic E-state index is 6.15. The molecule has 1 unspecified atom stereocenters. The Morgan fingerprint density at radius 1 is 1.33 bits per heavy atom. The largest absolute Gasteiger partial charge is 0.465 e. The zero-order valence-corrected chi connectivity index (χ0v) is 9.54. The van der Waals surface area contributed by atoms with E-state index in [0.29, 0.717) is 0 Å². The molecule has 2 rings (SSSR count). The van der Waals surface area contributed by atoms with Crippen molar-refractivity contribution >= 4 is 0 Å². The number of hydrogen-bond donors (Lipinski definition) is 1. The molecule has 1 aromatic rings. The highest BCUT2D eigenvalue weighted by Crippen LogP contribution is 2.31. The smallest absolute Gasteiger partial charge is 0.120 e. The Morgan fingerprint density at radius 3 is 2.67 bits per heavy atom. The molecule has 1 aliphatic rings. The van der Waals surface area contributed by atoms with E-state index in [1.54, 1.807) is 0 Å². The molecule has 2 heteroatoms. The fraction of sp³-hybridized carbons (Fsp3) is 0.692. The molecule has 0 bridgehead atoms. The van der Waals surface area contributed by atoms with Crippen LogP contribution < -0.4 is 5.73 Å². The van der Waals surface area contributed by atoms with Crippen molar-refractivity contribution in [3.63, 3.8) is 0 Å². The zero-order chi connectivity index (χ0) is 10.7. The second-order valence-corrected chi connectivity index (χ2v) is 4.79. The van der Waals surface area contributed by atoms with Crippen molar-refractivity contribution in [1.29, 1.82) is 0 Å². The zero-order valence-electron chi connectivity index (χ0n) is 9.54. The Kier molecular flexibility index (Phi) is 3.47. The van der Waals surface area contributed by atoms with Gasteiger partial charge in [-0.25, -0.2) is 0 Å². The molecule has 1 fully saturated rings. The standard InChI is InChI=1S/C13H21NO/c1-10-7-8-13(15-10)12(14)9-11-5-3-2-4-6-11/h7-8,11-12H,2-6,9,14H2,1H3. The van der Waals surface area contributed by atoms with Crippen molar-refractivity contribution in [3.05, 3.63) is 23.7 Å². The number of hydrogen-bond acceptors (Lipinski definition) is 2. The van der Waals surface area contributed by atoms with Gasteiger partial charge in [0, 0.05) is 0 Å². The summed E-state index contributed by atoms with van der Waals surface area (Å²) in [6.45, 7) is 1.97. The first kappa shape index (κ1) is 10.7. The number of rotatable bonds is 3. The third-order valence-electron chi connectivity index (χ3n) is 3.44. The monoisotopic (exact) mass is 207 g/mol. The van der Waals surface area contributed by atoms with Crippen LogP contribution in [0.5, 0.6) is 0 Å². The van der Waals surface area contributed by atoms with Crippen LogP contribution in [0.1, 0.15) is 56.1 Å². The van der Waals surface area contributed by atoms with Gasteiger partial charge in [0.25, 0.3) is 0 Å². The molecule has 1 aromatic heterocycles. The van der Waals surface area contributed by atoms with Crippen molar-refractivity contribution in [1.82, 2.24) is 0 Å². The number of nitrogens with two attached hydrogens (primary N) is 1. The molecule has 1 heterocycles. The average molecular weight is 207 g/mol. The van der Waals surface area contributed by atoms with Crippen LogP contribution in [0, 0.1) is 12.8 Å². The van der Waals surface area contributed by atoms with Gasteiger partial charge < -0.3 is 10.2 Å². The molecular formula is C13H21NO. The molecule has 1 saturated carbocycles. The maximum absolute atomic E-state index is 6.15. The van der Waals surface area contributed by atoms with E-state index in [-0.39, 0.29) is 6.04 Å². The summed E-state index contributed by atoms with van der Waals surface area (Å²) < 4.78 is 5.56. The summed E-state index contributed by atoms with van der Waals surface area (Å²) in [5, 5.41) is 0. The Balaban J connectivity index is 1.88. The maximum Gasteiger partial charge on any atom is 0.120 e. The lowest BCUT2D eigenvalue weighted by atomic mass is 9.84. The predicted octanol–water partition coefficient (Wildman–Crippen LogP) is 3.56. The normalized spacial score (nSPS) is 20.4. The highest BCUT2D eigenvalue weighted by Gasteiger charge is 2.19. The van der Waals surface area contributed by atoms with Gasteiger partial charge in [0.2, 0.25) is 0 Å². The van der Waals surface area contributed by atoms with Crippen molar-refractivity contribution < 1.29 is 4.42 Å². The van der Waals surface area contributed by atoms with Crippen LogP contribution in [0.3, 0.4) is 0 Å². The molecule has 0 aromatic carbocycles. The average Bonchev–Trinajstić information content (AvgIpc) is 2.66. The minimum absolute atomic E-state index is 0.0989. The van der Waals surface area contributed by atoms with E-state index in [9.17, 15) is 0 Å². The summed E-state index contributed by atoms with van der Waals surface area (Å²) in [6, 6.07) is 4.11. The first-order valence-electron chi connectivity index (χ1n) is 6.07. The van der Waals surface area contributed by atoms with E-state index in [1.165, 1.54) is 32.1 Å². The Labute approximate surface area is 91.8 Å². The number of furan rings is 1. The lowest BCUT2D eigenvalue weighted by Gasteiger charge is -2.23. The summed E-state index contributed by atoms with van der Waals surface area (Å²) in [4.78, 5) is 0. The first-order valence-corrected chi connectivity index (χ1v) is 6.07. The predicted molar refractivity (Wildman–Crippen MR) is 61.6 cm³/mol. The molecule has 0 saturated heterocycles. The lowest BCUT2D eigenvalue weighted by Crippen LogP contribution is -2.16. The van der Waals surface area contributed by atoms with Gasteiger partial charge in [-0.15, -0.1) is 0 Å². The van der Waals surface area contributed by atoms with E-state index < -0.39 is 0 Å². The molecule has 15 heavy (non-hydrogen) atoms. The molecule has 0 aliphatic heterocycles. The molecule has 0 radical (unpaired) electrons. The number of aryl methyl sites for hydroxylation is 1. The topological polar surface area (TPSA) is 39.2 Å². The summed E-state index contributed by atoms with van der Waals surface area (Å²) >= 11 is 0. The SMILES string of the molecule is Cc1ccc(C(N)CC2CCCCC2)o1. The van der Waals surface area contributed by atoms with Crippen molar-refractivity contribution in [2.24, 2.45) is 11.7 Å². The van der Waals surface area contributed by atoms with Gasteiger partial charge in [-0.05, 0) is 31.4 Å². The fourth-order valence-corrected chi connectivity index (χ4v) is 2.55. The van der Waals surface area contributed by atoms with Crippen molar-refractivity contribution in [2.45, 2.75) is 51.5 Å². The van der Waals surface area contributed by atoms with E-state index in [0.717, 1.165) is 23.9 Å². The summed E-state index contributed by atoms with van der Waals surface area (Å²) in [7, 11) is 0. The van der Waals surface area contributed by atoms with Crippen molar-refractivity contribution in [2.75, 3.05) is 0 Å². The summed E-state index contributed by atoms with van der Waals surface area (Å²) in [5.74, 6) is 2.74. The second-order valence-electron chi connectivity index (χ2n) is 4.79. The van der Waals surface area contributed by atoms with Gasteiger partial charge in [0.15, 0.2) is 0 Å². The summed E-state index contributed by atoms with van der Waals surface area (Å²) in [6.07, 6.45) is 7.97. The summed E-state index contributed by atoms with van der Waals surface area (Å²) in [5.41, 5.74) is 6.15. The van der Waals surface area contributed by atoms with Crippen LogP contribution in [0.2, 0.25) is 0 Å². The Hall–Kier alpha value is -0.760. The minimum Gasteiger partial charge on any atom is -0.465 e. The molecule has 0 spiro atoms. The van der Waals surface area contributed by atoms with Crippen LogP contribution in [-0.4, -0.2) is 0 Å². The van der Waals surface area contributed by atoms with Gasteiger partial charge >= 0.3 is 0 Å². The van der Waals surface area contributed by atoms with Crippen LogP contribution >= 0.6 is 0 Å². The van der Waals surface area contributed by atoms with Crippen LogP contribution in [0.4, 0.5) is 0 Å². The van der Waals surface area contributed by atoms with Gasteiger partial charge in [-0.3, -0.25) is 0 Å². The van der Waals surface area contributed by atoms with Gasteiger partial charge in [-0.2, -0.15) is 0 Å². The molecule has 0 amide bonds. The van der Waals surface area contributed by atoms with E-state index in [1.807, 2.05) is 19.1 Å². The van der Waals surface area contributed by atoms with Crippen molar-refractivity contribution in [3.8, 4) is 0 Å². The molecule has 2 nitrogen and oxygen atoms in total. The van der Waals surface area contributed by atoms with Gasteiger partial charge in [-0.1, -0.05) is 32.1 Å². The Morgan fingerprint density at radius 2 is 2.07 bits per heavy atom. The van der Waals surface area contributed by atoms with E-state index in [4.69, 9.17) is 10.2 Å². The molecule has 1 aliphatic carbocycles. The van der Waals surface area contributed by atoms with Crippen LogP contribution in [0.15, 0.2) is 16.5 Å². The third kappa shape index (κ3) is 2.85. The molecule has 84 valence electrons. The quantitative estimate of drug-likeness (QED) is 0.823. The molecular weight excluding hydrogens is 186 g/mol. The van der Waals surface area contributed by atoms with Crippen LogP contribution in [0.25, 0.3) is 0 Å².